The van der Waals surface area contributed by atoms with Crippen LogP contribution < -0.4 is 0 Å². The standard InChI is InChI=1S/C44H49F3N6O8S/c1-30(62-36-25-57-42(58-26-36)9-5-4-8-33-11-10-32(24-48)22-38(33)46)44(27-53-29-49-28-50-53,37-13-12-34(45)23-39(37)47)61-43(56)60-31(2)59-41(55)15-14-40(54)52-20-16-35(17-21-52)51-18-6-3-7-19-51/h4-5,8-15,22-23,28-31,35-36,42H,3,6-7,16-21,25-27H2,1-2H3. The third-order valence-electron chi connectivity index (χ3n) is 10.8. The predicted octanol–water partition coefficient (Wildman–Crippen LogP) is 6.67. The number of carbonyl (C=O) groups excluding carboxylic acids is 3. The number of halogens is 3. The minimum absolute atomic E-state index is 0.160. The number of piperidine rings is 2. The van der Waals surface area contributed by atoms with Gasteiger partial charge in [0, 0.05) is 60.7 Å². The van der Waals surface area contributed by atoms with Gasteiger partial charge in [0.1, 0.15) is 30.1 Å². The third kappa shape index (κ3) is 12.6. The molecule has 3 aromatic rings. The van der Waals surface area contributed by atoms with Crippen LogP contribution in [0, 0.1) is 28.8 Å². The van der Waals surface area contributed by atoms with Crippen molar-refractivity contribution in [2.45, 2.75) is 87.2 Å². The van der Waals surface area contributed by atoms with Crippen LogP contribution in [0.3, 0.4) is 0 Å². The Labute approximate surface area is 362 Å². The Morgan fingerprint density at radius 3 is 2.40 bits per heavy atom. The molecule has 0 saturated carbocycles. The van der Waals surface area contributed by atoms with Gasteiger partial charge in [0.15, 0.2) is 11.9 Å². The summed E-state index contributed by atoms with van der Waals surface area (Å²) in [5.74, 6) is -3.67. The first-order valence-electron chi connectivity index (χ1n) is 20.4. The molecule has 18 heteroatoms. The molecular formula is C44H49F3N6O8S. The fourth-order valence-electron chi connectivity index (χ4n) is 7.64. The highest BCUT2D eigenvalue weighted by Gasteiger charge is 2.47. The van der Waals surface area contributed by atoms with Gasteiger partial charge >= 0.3 is 12.1 Å². The number of carbonyl (C=O) groups is 3. The molecule has 0 aliphatic carbocycles. The molecule has 330 valence electrons. The van der Waals surface area contributed by atoms with Gasteiger partial charge in [-0.1, -0.05) is 30.7 Å². The van der Waals surface area contributed by atoms with Crippen LogP contribution in [0.1, 0.15) is 62.6 Å². The smallest absolute Gasteiger partial charge is 0.422 e. The largest absolute Gasteiger partial charge is 0.512 e. The van der Waals surface area contributed by atoms with E-state index in [1.807, 2.05) is 6.07 Å². The first-order chi connectivity index (χ1) is 29.9. The third-order valence-corrected chi connectivity index (χ3v) is 12.3. The van der Waals surface area contributed by atoms with E-state index < -0.39 is 53.0 Å². The van der Waals surface area contributed by atoms with Crippen LogP contribution in [0.15, 0.2) is 79.4 Å². The molecule has 0 N–H and O–H groups in total. The van der Waals surface area contributed by atoms with E-state index in [1.165, 1.54) is 79.6 Å². The van der Waals surface area contributed by atoms with E-state index in [1.54, 1.807) is 30.1 Å². The number of thioether (sulfide) groups is 1. The zero-order valence-electron chi connectivity index (χ0n) is 34.4. The SMILES string of the molecule is CC(OC(=O)C=CC(=O)N1CCC(N2CCCCC2)CC1)OC(=O)OC(Cn1cncn1)(c1ccc(F)cc1F)C(C)SC1COC(C=CC=Cc2ccc(C#N)cc2F)OC1. The molecule has 0 bridgehead atoms. The Kier molecular flexibility index (Phi) is 16.4. The van der Waals surface area contributed by atoms with Crippen molar-refractivity contribution >= 4 is 35.9 Å². The average molecular weight is 879 g/mol. The van der Waals surface area contributed by atoms with Gasteiger partial charge in [0.05, 0.1) is 36.6 Å². The number of aromatic nitrogens is 3. The Morgan fingerprint density at radius 2 is 1.73 bits per heavy atom. The topological polar surface area (TPSA) is 158 Å². The lowest BCUT2D eigenvalue weighted by molar-refractivity contribution is -0.166. The molecule has 3 aliphatic heterocycles. The maximum Gasteiger partial charge on any atom is 0.512 e. The summed E-state index contributed by atoms with van der Waals surface area (Å²) < 4.78 is 74.0. The van der Waals surface area contributed by atoms with Crippen molar-refractivity contribution in [2.75, 3.05) is 39.4 Å². The van der Waals surface area contributed by atoms with Gasteiger partial charge in [0.25, 0.3) is 0 Å². The zero-order chi connectivity index (χ0) is 44.1. The van der Waals surface area contributed by atoms with Gasteiger partial charge < -0.3 is 33.5 Å². The summed E-state index contributed by atoms with van der Waals surface area (Å²) in [4.78, 5) is 47.3. The molecule has 1 aromatic heterocycles. The number of hydrogen-bond acceptors (Lipinski definition) is 13. The van der Waals surface area contributed by atoms with E-state index in [2.05, 4.69) is 15.0 Å². The van der Waals surface area contributed by atoms with E-state index in [-0.39, 0.29) is 42.0 Å². The number of rotatable bonds is 15. The Morgan fingerprint density at radius 1 is 0.968 bits per heavy atom. The first kappa shape index (κ1) is 46.0. The van der Waals surface area contributed by atoms with Gasteiger partial charge in [-0.3, -0.25) is 4.79 Å². The second-order valence-corrected chi connectivity index (χ2v) is 16.7. The minimum Gasteiger partial charge on any atom is -0.422 e. The molecule has 3 atom stereocenters. The van der Waals surface area contributed by atoms with Crippen molar-refractivity contribution in [3.8, 4) is 6.07 Å². The lowest BCUT2D eigenvalue weighted by Gasteiger charge is -2.40. The summed E-state index contributed by atoms with van der Waals surface area (Å²) >= 11 is 1.25. The van der Waals surface area contributed by atoms with Crippen LogP contribution in [0.25, 0.3) is 6.08 Å². The molecule has 4 heterocycles. The molecule has 3 aliphatic rings. The van der Waals surface area contributed by atoms with Crippen molar-refractivity contribution < 1.29 is 51.2 Å². The highest BCUT2D eigenvalue weighted by molar-refractivity contribution is 8.00. The van der Waals surface area contributed by atoms with Crippen LogP contribution >= 0.6 is 11.8 Å². The van der Waals surface area contributed by atoms with Crippen LogP contribution in [-0.4, -0.2) is 111 Å². The fourth-order valence-corrected chi connectivity index (χ4v) is 9.00. The molecule has 0 radical (unpaired) electrons. The fraction of sp³-hybridized carbons (Fsp3) is 0.455. The number of likely N-dealkylation sites (tertiary alicyclic amines) is 2. The zero-order valence-corrected chi connectivity index (χ0v) is 35.3. The highest BCUT2D eigenvalue weighted by atomic mass is 32.2. The van der Waals surface area contributed by atoms with Crippen molar-refractivity contribution in [3.63, 3.8) is 0 Å². The predicted molar refractivity (Wildman–Crippen MR) is 221 cm³/mol. The van der Waals surface area contributed by atoms with Crippen molar-refractivity contribution in [2.24, 2.45) is 0 Å². The second kappa shape index (κ2) is 22.0. The number of nitrogens with zero attached hydrogens (tertiary/aromatic N) is 6. The first-order valence-corrected chi connectivity index (χ1v) is 21.4. The van der Waals surface area contributed by atoms with E-state index >= 15 is 4.39 Å². The second-order valence-electron chi connectivity index (χ2n) is 15.1. The maximum atomic E-state index is 15.8. The molecule has 1 amide bonds. The van der Waals surface area contributed by atoms with Crippen LogP contribution in [0.4, 0.5) is 18.0 Å². The quantitative estimate of drug-likeness (QED) is 0.0691. The van der Waals surface area contributed by atoms with E-state index in [0.717, 1.165) is 50.2 Å². The number of nitriles is 1. The average Bonchev–Trinajstić information content (AvgIpc) is 3.78. The van der Waals surface area contributed by atoms with Crippen molar-refractivity contribution in [1.82, 2.24) is 24.6 Å². The van der Waals surface area contributed by atoms with E-state index in [9.17, 15) is 23.2 Å². The number of ether oxygens (including phenoxy) is 5. The molecule has 0 spiro atoms. The molecule has 3 fully saturated rings. The van der Waals surface area contributed by atoms with Crippen LogP contribution in [0.5, 0.6) is 0 Å². The lowest BCUT2D eigenvalue weighted by Crippen LogP contribution is -2.47. The molecule has 62 heavy (non-hydrogen) atoms. The molecule has 6 rings (SSSR count). The summed E-state index contributed by atoms with van der Waals surface area (Å²) in [6, 6.07) is 9.36. The Bertz CT molecular complexity index is 2130. The van der Waals surface area contributed by atoms with Gasteiger partial charge in [0.2, 0.25) is 12.2 Å². The maximum absolute atomic E-state index is 15.8. The summed E-state index contributed by atoms with van der Waals surface area (Å²) in [7, 11) is 0. The summed E-state index contributed by atoms with van der Waals surface area (Å²) in [6.45, 7) is 6.31. The normalized spacial score (nSPS) is 21.1. The number of esters is 1. The monoisotopic (exact) mass is 878 g/mol. The molecule has 3 unspecified atom stereocenters. The summed E-state index contributed by atoms with van der Waals surface area (Å²) in [6.07, 6.45) is 12.9. The van der Waals surface area contributed by atoms with Gasteiger partial charge in [-0.05, 0) is 76.0 Å². The van der Waals surface area contributed by atoms with Crippen LogP contribution in [-0.2, 0) is 45.4 Å². The number of hydrogen-bond donors (Lipinski definition) is 0. The summed E-state index contributed by atoms with van der Waals surface area (Å²) in [5.41, 5.74) is -1.60. The van der Waals surface area contributed by atoms with Crippen molar-refractivity contribution in [1.29, 1.82) is 5.26 Å². The number of benzene rings is 2. The van der Waals surface area contributed by atoms with E-state index in [0.29, 0.717) is 30.8 Å². The Balaban J connectivity index is 1.07. The summed E-state index contributed by atoms with van der Waals surface area (Å²) in [5, 5.41) is 11.9. The molecule has 3 saturated heterocycles. The lowest BCUT2D eigenvalue weighted by atomic mass is 9.89. The number of amides is 1. The number of allylic oxidation sites excluding steroid dienone is 2. The Hall–Kier alpha value is -5.48. The molecule has 2 aromatic carbocycles. The van der Waals surface area contributed by atoms with E-state index in [4.69, 9.17) is 28.9 Å². The van der Waals surface area contributed by atoms with Gasteiger partial charge in [-0.15, -0.1) is 11.8 Å². The van der Waals surface area contributed by atoms with Crippen LogP contribution in [0.2, 0.25) is 0 Å². The van der Waals surface area contributed by atoms with Crippen molar-refractivity contribution in [3.05, 3.63) is 114 Å². The van der Waals surface area contributed by atoms with Gasteiger partial charge in [-0.2, -0.15) is 10.4 Å². The van der Waals surface area contributed by atoms with Gasteiger partial charge in [-0.25, -0.2) is 32.4 Å². The molecule has 14 nitrogen and oxygen atoms in total. The minimum atomic E-state index is -1.92. The molecular weight excluding hydrogens is 830 g/mol. The highest BCUT2D eigenvalue weighted by Crippen LogP contribution is 2.42.